The van der Waals surface area contributed by atoms with Crippen LogP contribution >= 0.6 is 34.8 Å². The summed E-state index contributed by atoms with van der Waals surface area (Å²) in [5.41, 5.74) is 5.52. The number of hydrazone groups is 1. The summed E-state index contributed by atoms with van der Waals surface area (Å²) >= 11 is 18.8. The van der Waals surface area contributed by atoms with Crippen LogP contribution in [0.2, 0.25) is 15.1 Å². The summed E-state index contributed by atoms with van der Waals surface area (Å²) in [6, 6.07) is 12.9. The molecule has 0 bridgehead atoms. The molecule has 1 N–H and O–H groups in total. The van der Waals surface area contributed by atoms with Gasteiger partial charge in [-0.15, -0.1) is 0 Å². The summed E-state index contributed by atoms with van der Waals surface area (Å²) in [6.07, 6.45) is 4.19. The normalized spacial score (nSPS) is 22.5. The predicted molar refractivity (Wildman–Crippen MR) is 132 cm³/mol. The standard InChI is InChI=1S/C24H27Cl3N4O/c1-3-19-22(24(32)29-31(2)13-5-4-6-14-31)28-30(21-12-11-18(26)15-20(21)27)23(19)16-7-9-17(25)10-8-16/h7-12,15,19,23H,3-6,13-14H2,1-2H3/p+1/t19-,23-/m1/s1. The molecule has 0 saturated carbocycles. The van der Waals surface area contributed by atoms with Gasteiger partial charge in [0.25, 0.3) is 0 Å². The first-order chi connectivity index (χ1) is 15.3. The molecular weight excluding hydrogens is 467 g/mol. The van der Waals surface area contributed by atoms with Gasteiger partial charge < -0.3 is 0 Å². The van der Waals surface area contributed by atoms with Gasteiger partial charge in [-0.25, -0.2) is 4.59 Å². The lowest BCUT2D eigenvalue weighted by molar-refractivity contribution is -0.947. The van der Waals surface area contributed by atoms with Crippen LogP contribution in [0, 0.1) is 5.92 Å². The minimum atomic E-state index is -0.177. The highest BCUT2D eigenvalue weighted by Gasteiger charge is 2.43. The maximum atomic E-state index is 13.5. The second-order valence-corrected chi connectivity index (χ2v) is 10.1. The molecule has 0 unspecified atom stereocenters. The van der Waals surface area contributed by atoms with Gasteiger partial charge >= 0.3 is 5.91 Å². The SMILES string of the molecule is CC[C@@H]1C(C(=O)N[N+]2(C)CCCCC2)=NN(c2ccc(Cl)cc2Cl)[C@@H]1c1ccc(Cl)cc1. The number of piperidine rings is 1. The maximum absolute atomic E-state index is 13.5. The third-order valence-corrected chi connectivity index (χ3v) is 7.22. The second-order valence-electron chi connectivity index (χ2n) is 8.78. The van der Waals surface area contributed by atoms with Gasteiger partial charge in [-0.05, 0) is 61.6 Å². The Morgan fingerprint density at radius 2 is 1.72 bits per heavy atom. The van der Waals surface area contributed by atoms with E-state index in [9.17, 15) is 4.79 Å². The van der Waals surface area contributed by atoms with Gasteiger partial charge in [0.2, 0.25) is 0 Å². The fourth-order valence-corrected chi connectivity index (χ4v) is 5.35. The zero-order valence-electron chi connectivity index (χ0n) is 18.3. The summed E-state index contributed by atoms with van der Waals surface area (Å²) in [4.78, 5) is 13.5. The van der Waals surface area contributed by atoms with Crippen LogP contribution in [0.25, 0.3) is 0 Å². The predicted octanol–water partition coefficient (Wildman–Crippen LogP) is 6.25. The van der Waals surface area contributed by atoms with Crippen LogP contribution < -0.4 is 10.4 Å². The van der Waals surface area contributed by atoms with Crippen molar-refractivity contribution in [1.82, 2.24) is 5.43 Å². The molecule has 0 aliphatic carbocycles. The Bertz CT molecular complexity index is 1020. The number of nitrogens with one attached hydrogen (secondary N) is 1. The van der Waals surface area contributed by atoms with Crippen LogP contribution in [-0.4, -0.2) is 36.3 Å². The number of carbonyl (C=O) groups is 1. The van der Waals surface area contributed by atoms with Crippen molar-refractivity contribution in [3.05, 3.63) is 63.1 Å². The van der Waals surface area contributed by atoms with E-state index < -0.39 is 0 Å². The molecule has 2 atom stereocenters. The Balaban J connectivity index is 1.73. The molecule has 2 aromatic rings. The van der Waals surface area contributed by atoms with Crippen molar-refractivity contribution in [2.75, 3.05) is 25.1 Å². The number of anilines is 1. The van der Waals surface area contributed by atoms with Gasteiger partial charge in [0.05, 0.1) is 23.8 Å². The Morgan fingerprint density at radius 3 is 2.34 bits per heavy atom. The first-order valence-corrected chi connectivity index (χ1v) is 12.2. The minimum Gasteiger partial charge on any atom is -0.263 e. The molecule has 2 aromatic carbocycles. The molecule has 32 heavy (non-hydrogen) atoms. The summed E-state index contributed by atoms with van der Waals surface area (Å²) in [6.45, 7) is 3.95. The fourth-order valence-electron chi connectivity index (χ4n) is 4.73. The zero-order valence-corrected chi connectivity index (χ0v) is 20.6. The summed E-state index contributed by atoms with van der Waals surface area (Å²) in [7, 11) is 2.08. The Morgan fingerprint density at radius 1 is 1.06 bits per heavy atom. The maximum Gasteiger partial charge on any atom is 0.312 e. The molecular formula is C24H28Cl3N4O+. The number of halogens is 3. The minimum absolute atomic E-state index is 0.0979. The quantitative estimate of drug-likeness (QED) is 0.499. The second kappa shape index (κ2) is 9.60. The lowest BCUT2D eigenvalue weighted by Crippen LogP contribution is -2.61. The Labute approximate surface area is 204 Å². The van der Waals surface area contributed by atoms with E-state index in [4.69, 9.17) is 39.9 Å². The average molecular weight is 495 g/mol. The van der Waals surface area contributed by atoms with E-state index in [1.54, 1.807) is 12.1 Å². The van der Waals surface area contributed by atoms with Crippen molar-refractivity contribution in [3.8, 4) is 0 Å². The summed E-state index contributed by atoms with van der Waals surface area (Å²) < 4.78 is 0.543. The van der Waals surface area contributed by atoms with Gasteiger partial charge in [-0.2, -0.15) is 10.5 Å². The van der Waals surface area contributed by atoms with Crippen molar-refractivity contribution in [3.63, 3.8) is 0 Å². The number of nitrogens with zero attached hydrogens (tertiary/aromatic N) is 3. The van der Waals surface area contributed by atoms with Gasteiger partial charge in [0.15, 0.2) is 0 Å². The van der Waals surface area contributed by atoms with Crippen molar-refractivity contribution in [2.45, 2.75) is 38.6 Å². The summed E-state index contributed by atoms with van der Waals surface area (Å²) in [5.74, 6) is -0.216. The van der Waals surface area contributed by atoms with E-state index in [1.165, 1.54) is 6.42 Å². The number of likely N-dealkylation sites (tertiary alicyclic amines) is 1. The van der Waals surface area contributed by atoms with Crippen molar-refractivity contribution < 1.29 is 9.39 Å². The summed E-state index contributed by atoms with van der Waals surface area (Å²) in [5, 5.41) is 8.42. The molecule has 5 nitrogen and oxygen atoms in total. The fraction of sp³-hybridized carbons (Fsp3) is 0.417. The van der Waals surface area contributed by atoms with Crippen LogP contribution in [0.5, 0.6) is 0 Å². The number of quaternary nitrogens is 1. The van der Waals surface area contributed by atoms with Gasteiger partial charge in [-0.1, -0.05) is 53.9 Å². The van der Waals surface area contributed by atoms with Crippen LogP contribution in [0.15, 0.2) is 47.6 Å². The number of carbonyl (C=O) groups excluding carboxylic acids is 1. The van der Waals surface area contributed by atoms with Crippen LogP contribution in [0.4, 0.5) is 5.69 Å². The van der Waals surface area contributed by atoms with Crippen molar-refractivity contribution in [2.24, 2.45) is 11.0 Å². The molecule has 0 spiro atoms. The number of rotatable bonds is 5. The van der Waals surface area contributed by atoms with E-state index >= 15 is 0 Å². The third kappa shape index (κ3) is 4.76. The Kier molecular flexibility index (Phi) is 7.01. The highest BCUT2D eigenvalue weighted by Crippen LogP contribution is 2.43. The monoisotopic (exact) mass is 493 g/mol. The molecule has 1 saturated heterocycles. The number of amides is 1. The molecule has 2 aliphatic rings. The highest BCUT2D eigenvalue weighted by molar-refractivity contribution is 6.40. The zero-order chi connectivity index (χ0) is 22.9. The smallest absolute Gasteiger partial charge is 0.263 e. The lowest BCUT2D eigenvalue weighted by Gasteiger charge is -2.36. The first-order valence-electron chi connectivity index (χ1n) is 11.1. The molecule has 1 fully saturated rings. The Hall–Kier alpha value is -1.79. The van der Waals surface area contributed by atoms with E-state index in [1.807, 2.05) is 35.3 Å². The molecule has 170 valence electrons. The number of benzene rings is 2. The van der Waals surface area contributed by atoms with E-state index in [-0.39, 0.29) is 17.9 Å². The molecule has 2 aliphatic heterocycles. The largest absolute Gasteiger partial charge is 0.312 e. The number of hydrogen-bond acceptors (Lipinski definition) is 3. The highest BCUT2D eigenvalue weighted by atomic mass is 35.5. The van der Waals surface area contributed by atoms with Crippen LogP contribution in [0.1, 0.15) is 44.2 Å². The molecule has 0 aromatic heterocycles. The molecule has 0 radical (unpaired) electrons. The van der Waals surface area contributed by atoms with Crippen LogP contribution in [-0.2, 0) is 4.79 Å². The topological polar surface area (TPSA) is 44.7 Å². The van der Waals surface area contributed by atoms with E-state index in [0.717, 1.165) is 43.6 Å². The number of hydrogen-bond donors (Lipinski definition) is 1. The van der Waals surface area contributed by atoms with E-state index in [2.05, 4.69) is 19.4 Å². The third-order valence-electron chi connectivity index (χ3n) is 6.43. The van der Waals surface area contributed by atoms with Crippen molar-refractivity contribution >= 4 is 52.1 Å². The van der Waals surface area contributed by atoms with Crippen LogP contribution in [0.3, 0.4) is 0 Å². The molecule has 8 heteroatoms. The van der Waals surface area contributed by atoms with Crippen molar-refractivity contribution in [1.29, 1.82) is 0 Å². The van der Waals surface area contributed by atoms with E-state index in [0.29, 0.717) is 25.4 Å². The van der Waals surface area contributed by atoms with Gasteiger partial charge in [0.1, 0.15) is 18.8 Å². The van der Waals surface area contributed by atoms with Gasteiger partial charge in [-0.3, -0.25) is 9.80 Å². The molecule has 2 heterocycles. The van der Waals surface area contributed by atoms with Gasteiger partial charge in [0, 0.05) is 16.0 Å². The molecule has 4 rings (SSSR count). The lowest BCUT2D eigenvalue weighted by atomic mass is 9.87. The molecule has 1 amide bonds. The first kappa shape index (κ1) is 23.4. The average Bonchev–Trinajstić information content (AvgIpc) is 3.14.